The predicted molar refractivity (Wildman–Crippen MR) is 55.8 cm³/mol. The van der Waals surface area contributed by atoms with E-state index in [-0.39, 0.29) is 23.1 Å². The van der Waals surface area contributed by atoms with Crippen LogP contribution in [0, 0.1) is 0 Å². The molecule has 5 N–H and O–H groups in total. The van der Waals surface area contributed by atoms with Crippen LogP contribution in [0.25, 0.3) is 0 Å². The Morgan fingerprint density at radius 1 is 1.53 bits per heavy atom. The molecule has 0 aliphatic rings. The minimum absolute atomic E-state index is 0.0871. The van der Waals surface area contributed by atoms with Crippen LogP contribution in [-0.4, -0.2) is 28.7 Å². The molecule has 1 aromatic rings. The highest BCUT2D eigenvalue weighted by molar-refractivity contribution is 5.97. The molecule has 0 radical (unpaired) electrons. The first-order chi connectivity index (χ1) is 7.04. The van der Waals surface area contributed by atoms with E-state index < -0.39 is 5.91 Å². The van der Waals surface area contributed by atoms with Crippen molar-refractivity contribution in [2.75, 3.05) is 6.54 Å². The number of carbonyl (C=O) groups excluding carboxylic acids is 1. The molecule has 0 heterocycles. The number of benzene rings is 1. The van der Waals surface area contributed by atoms with E-state index >= 15 is 0 Å². The molecule has 1 aromatic carbocycles. The van der Waals surface area contributed by atoms with Gasteiger partial charge in [-0.3, -0.25) is 4.79 Å². The number of phenolic OH excluding ortho intramolecular Hbond substituents is 2. The summed E-state index contributed by atoms with van der Waals surface area (Å²) in [5.41, 5.74) is 5.46. The van der Waals surface area contributed by atoms with E-state index in [4.69, 9.17) is 10.8 Å². The monoisotopic (exact) mass is 210 g/mol. The Bertz CT molecular complexity index is 366. The number of nitrogens with two attached hydrogens (primary N) is 1. The Labute approximate surface area is 87.5 Å². The van der Waals surface area contributed by atoms with Crippen LogP contribution in [0.4, 0.5) is 0 Å². The van der Waals surface area contributed by atoms with E-state index in [0.29, 0.717) is 6.54 Å². The van der Waals surface area contributed by atoms with Crippen LogP contribution in [0.15, 0.2) is 18.2 Å². The number of aromatic hydroxyl groups is 2. The third-order valence-electron chi connectivity index (χ3n) is 1.96. The molecule has 15 heavy (non-hydrogen) atoms. The van der Waals surface area contributed by atoms with Gasteiger partial charge >= 0.3 is 0 Å². The number of nitrogens with one attached hydrogen (secondary N) is 1. The van der Waals surface area contributed by atoms with Crippen LogP contribution in [0.2, 0.25) is 0 Å². The van der Waals surface area contributed by atoms with Gasteiger partial charge in [0.2, 0.25) is 0 Å². The summed E-state index contributed by atoms with van der Waals surface area (Å²) in [6.07, 6.45) is 0. The van der Waals surface area contributed by atoms with Gasteiger partial charge in [0.15, 0.2) is 0 Å². The van der Waals surface area contributed by atoms with Gasteiger partial charge in [-0.2, -0.15) is 0 Å². The summed E-state index contributed by atoms with van der Waals surface area (Å²) >= 11 is 0. The standard InChI is InChI=1S/C10H14N2O3/c1-6(5-11)12-10(15)8-3-2-7(13)4-9(8)14/h2-4,6,13-14H,5,11H2,1H3,(H,12,15). The number of carbonyl (C=O) groups is 1. The quantitative estimate of drug-likeness (QED) is 0.572. The van der Waals surface area contributed by atoms with Crippen molar-refractivity contribution in [2.45, 2.75) is 13.0 Å². The summed E-state index contributed by atoms with van der Waals surface area (Å²) < 4.78 is 0. The van der Waals surface area contributed by atoms with Crippen LogP contribution in [-0.2, 0) is 0 Å². The summed E-state index contributed by atoms with van der Waals surface area (Å²) in [5.74, 6) is -0.752. The van der Waals surface area contributed by atoms with Gasteiger partial charge in [-0.15, -0.1) is 0 Å². The Hall–Kier alpha value is -1.75. The number of phenols is 2. The highest BCUT2D eigenvalue weighted by Gasteiger charge is 2.12. The highest BCUT2D eigenvalue weighted by atomic mass is 16.3. The van der Waals surface area contributed by atoms with Crippen molar-refractivity contribution in [1.29, 1.82) is 0 Å². The average Bonchev–Trinajstić information content (AvgIpc) is 2.17. The molecule has 1 atom stereocenters. The lowest BCUT2D eigenvalue weighted by Crippen LogP contribution is -2.37. The van der Waals surface area contributed by atoms with E-state index in [9.17, 15) is 9.90 Å². The molecule has 0 saturated heterocycles. The molecule has 1 rings (SSSR count). The lowest BCUT2D eigenvalue weighted by Gasteiger charge is -2.11. The second-order valence-corrected chi connectivity index (χ2v) is 3.31. The Morgan fingerprint density at radius 2 is 2.20 bits per heavy atom. The van der Waals surface area contributed by atoms with Crippen molar-refractivity contribution in [1.82, 2.24) is 5.32 Å². The molecule has 5 nitrogen and oxygen atoms in total. The van der Waals surface area contributed by atoms with E-state index in [1.165, 1.54) is 12.1 Å². The van der Waals surface area contributed by atoms with Crippen molar-refractivity contribution < 1.29 is 15.0 Å². The molecule has 1 unspecified atom stereocenters. The number of amides is 1. The van der Waals surface area contributed by atoms with E-state index in [0.717, 1.165) is 6.07 Å². The van der Waals surface area contributed by atoms with Gasteiger partial charge in [0, 0.05) is 18.7 Å². The largest absolute Gasteiger partial charge is 0.508 e. The minimum Gasteiger partial charge on any atom is -0.508 e. The van der Waals surface area contributed by atoms with Crippen molar-refractivity contribution in [3.8, 4) is 11.5 Å². The van der Waals surface area contributed by atoms with E-state index in [1.807, 2.05) is 0 Å². The van der Waals surface area contributed by atoms with E-state index in [2.05, 4.69) is 5.32 Å². The fourth-order valence-electron chi connectivity index (χ4n) is 1.07. The van der Waals surface area contributed by atoms with Gasteiger partial charge in [0.25, 0.3) is 5.91 Å². The number of rotatable bonds is 3. The molecule has 0 bridgehead atoms. The topological polar surface area (TPSA) is 95.6 Å². The second-order valence-electron chi connectivity index (χ2n) is 3.31. The SMILES string of the molecule is CC(CN)NC(=O)c1ccc(O)cc1O. The summed E-state index contributed by atoms with van der Waals surface area (Å²) in [7, 11) is 0. The van der Waals surface area contributed by atoms with Crippen molar-refractivity contribution in [3.05, 3.63) is 23.8 Å². The van der Waals surface area contributed by atoms with Gasteiger partial charge in [-0.05, 0) is 19.1 Å². The molecular weight excluding hydrogens is 196 g/mol. The molecule has 0 spiro atoms. The van der Waals surface area contributed by atoms with Gasteiger partial charge in [0.05, 0.1) is 5.56 Å². The first-order valence-electron chi connectivity index (χ1n) is 4.57. The summed E-state index contributed by atoms with van der Waals surface area (Å²) in [4.78, 5) is 11.5. The summed E-state index contributed by atoms with van der Waals surface area (Å²) in [5, 5.41) is 21.0. The first kappa shape index (κ1) is 11.3. The maximum atomic E-state index is 11.5. The maximum absolute atomic E-state index is 11.5. The fraction of sp³-hybridized carbons (Fsp3) is 0.300. The molecule has 1 amide bonds. The van der Waals surface area contributed by atoms with Gasteiger partial charge in [0.1, 0.15) is 11.5 Å². The van der Waals surface area contributed by atoms with Crippen molar-refractivity contribution in [2.24, 2.45) is 5.73 Å². The molecule has 0 aliphatic carbocycles. The molecule has 82 valence electrons. The fourth-order valence-corrected chi connectivity index (χ4v) is 1.07. The van der Waals surface area contributed by atoms with Crippen molar-refractivity contribution in [3.63, 3.8) is 0 Å². The first-order valence-corrected chi connectivity index (χ1v) is 4.57. The smallest absolute Gasteiger partial charge is 0.255 e. The highest BCUT2D eigenvalue weighted by Crippen LogP contribution is 2.22. The molecule has 0 saturated carbocycles. The van der Waals surface area contributed by atoms with Crippen LogP contribution < -0.4 is 11.1 Å². The lowest BCUT2D eigenvalue weighted by molar-refractivity contribution is 0.0938. The molecular formula is C10H14N2O3. The zero-order valence-electron chi connectivity index (χ0n) is 8.40. The zero-order chi connectivity index (χ0) is 11.4. The van der Waals surface area contributed by atoms with Crippen LogP contribution >= 0.6 is 0 Å². The Kier molecular flexibility index (Phi) is 3.51. The molecule has 0 aromatic heterocycles. The maximum Gasteiger partial charge on any atom is 0.255 e. The normalized spacial score (nSPS) is 12.1. The zero-order valence-corrected chi connectivity index (χ0v) is 8.40. The second kappa shape index (κ2) is 4.65. The lowest BCUT2D eigenvalue weighted by atomic mass is 10.1. The number of hydrogen-bond acceptors (Lipinski definition) is 4. The third-order valence-corrected chi connectivity index (χ3v) is 1.96. The molecule has 0 fully saturated rings. The third kappa shape index (κ3) is 2.85. The van der Waals surface area contributed by atoms with Gasteiger partial charge in [-0.1, -0.05) is 0 Å². The summed E-state index contributed by atoms with van der Waals surface area (Å²) in [6.45, 7) is 2.08. The minimum atomic E-state index is -0.412. The number of hydrogen-bond donors (Lipinski definition) is 4. The van der Waals surface area contributed by atoms with Crippen LogP contribution in [0.5, 0.6) is 11.5 Å². The van der Waals surface area contributed by atoms with Crippen LogP contribution in [0.3, 0.4) is 0 Å². The van der Waals surface area contributed by atoms with Gasteiger partial charge in [-0.25, -0.2) is 0 Å². The van der Waals surface area contributed by atoms with Crippen LogP contribution in [0.1, 0.15) is 17.3 Å². The Morgan fingerprint density at radius 3 is 2.73 bits per heavy atom. The van der Waals surface area contributed by atoms with E-state index in [1.54, 1.807) is 6.92 Å². The molecule has 5 heteroatoms. The molecule has 0 aliphatic heterocycles. The predicted octanol–water partition coefficient (Wildman–Crippen LogP) is 0.175. The van der Waals surface area contributed by atoms with Crippen molar-refractivity contribution >= 4 is 5.91 Å². The summed E-state index contributed by atoms with van der Waals surface area (Å²) in [6, 6.07) is 3.64. The van der Waals surface area contributed by atoms with Gasteiger partial charge < -0.3 is 21.3 Å². The average molecular weight is 210 g/mol. The Balaban J connectivity index is 2.82.